The molecule has 0 radical (unpaired) electrons. The summed E-state index contributed by atoms with van der Waals surface area (Å²) in [5, 5.41) is 3.83. The third-order valence-corrected chi connectivity index (χ3v) is 5.10. The first-order valence-corrected chi connectivity index (χ1v) is 7.72. The maximum Gasteiger partial charge on any atom is 0.0309 e. The molecule has 1 saturated carbocycles. The minimum absolute atomic E-state index is 0.426. The molecule has 1 aromatic rings. The Morgan fingerprint density at radius 3 is 2.74 bits per heavy atom. The van der Waals surface area contributed by atoms with E-state index in [1.54, 1.807) is 0 Å². The fourth-order valence-electron chi connectivity index (χ4n) is 3.70. The molecule has 1 N–H and O–H groups in total. The highest BCUT2D eigenvalue weighted by Gasteiger charge is 2.39. The molecule has 2 nitrogen and oxygen atoms in total. The zero-order valence-electron chi connectivity index (χ0n) is 12.3. The summed E-state index contributed by atoms with van der Waals surface area (Å²) in [5.74, 6) is 0. The van der Waals surface area contributed by atoms with Crippen molar-refractivity contribution in [2.45, 2.75) is 57.7 Å². The number of rotatable bonds is 2. The van der Waals surface area contributed by atoms with Crippen LogP contribution in [0.25, 0.3) is 0 Å². The molecule has 1 heterocycles. The predicted octanol–water partition coefficient (Wildman–Crippen LogP) is 3.10. The van der Waals surface area contributed by atoms with E-state index in [9.17, 15) is 0 Å². The summed E-state index contributed by atoms with van der Waals surface area (Å²) in [6, 6.07) is 9.46. The SMILES string of the molecule is Cc1ccccc1CN1CC2(CCCC2)NCC1C. The largest absolute Gasteiger partial charge is 0.308 e. The van der Waals surface area contributed by atoms with Crippen LogP contribution in [0.5, 0.6) is 0 Å². The van der Waals surface area contributed by atoms with Gasteiger partial charge in [-0.3, -0.25) is 4.90 Å². The van der Waals surface area contributed by atoms with Crippen LogP contribution in [0.1, 0.15) is 43.7 Å². The van der Waals surface area contributed by atoms with Crippen molar-refractivity contribution < 1.29 is 0 Å². The van der Waals surface area contributed by atoms with Crippen molar-refractivity contribution in [3.63, 3.8) is 0 Å². The Labute approximate surface area is 117 Å². The third-order valence-electron chi connectivity index (χ3n) is 5.10. The zero-order valence-corrected chi connectivity index (χ0v) is 12.3. The van der Waals surface area contributed by atoms with Crippen molar-refractivity contribution in [2.24, 2.45) is 0 Å². The molecule has 3 rings (SSSR count). The van der Waals surface area contributed by atoms with Crippen molar-refractivity contribution in [1.82, 2.24) is 10.2 Å². The van der Waals surface area contributed by atoms with E-state index in [0.29, 0.717) is 11.6 Å². The van der Waals surface area contributed by atoms with Crippen LogP contribution >= 0.6 is 0 Å². The quantitative estimate of drug-likeness (QED) is 0.877. The summed E-state index contributed by atoms with van der Waals surface area (Å²) < 4.78 is 0. The molecule has 2 aliphatic rings. The Bertz CT molecular complexity index is 435. The molecular weight excluding hydrogens is 232 g/mol. The summed E-state index contributed by atoms with van der Waals surface area (Å²) in [7, 11) is 0. The van der Waals surface area contributed by atoms with Gasteiger partial charge in [0, 0.05) is 31.2 Å². The van der Waals surface area contributed by atoms with Gasteiger partial charge in [0.1, 0.15) is 0 Å². The molecule has 1 saturated heterocycles. The van der Waals surface area contributed by atoms with Crippen LogP contribution in [-0.2, 0) is 6.54 Å². The summed E-state index contributed by atoms with van der Waals surface area (Å²) in [6.45, 7) is 8.06. The van der Waals surface area contributed by atoms with Gasteiger partial charge in [-0.25, -0.2) is 0 Å². The molecule has 1 unspecified atom stereocenters. The molecule has 1 aliphatic heterocycles. The van der Waals surface area contributed by atoms with Gasteiger partial charge in [0.25, 0.3) is 0 Å². The van der Waals surface area contributed by atoms with E-state index < -0.39 is 0 Å². The molecule has 2 heteroatoms. The highest BCUT2D eigenvalue weighted by atomic mass is 15.2. The van der Waals surface area contributed by atoms with Gasteiger partial charge in [-0.2, -0.15) is 0 Å². The lowest BCUT2D eigenvalue weighted by Crippen LogP contribution is -2.62. The van der Waals surface area contributed by atoms with E-state index in [0.717, 1.165) is 13.1 Å². The number of nitrogens with one attached hydrogen (secondary N) is 1. The van der Waals surface area contributed by atoms with Crippen LogP contribution in [0.4, 0.5) is 0 Å². The fourth-order valence-corrected chi connectivity index (χ4v) is 3.70. The lowest BCUT2D eigenvalue weighted by Gasteiger charge is -2.45. The zero-order chi connectivity index (χ0) is 13.3. The molecule has 0 bridgehead atoms. The normalized spacial score (nSPS) is 26.9. The molecule has 0 aromatic heterocycles. The Morgan fingerprint density at radius 2 is 2.00 bits per heavy atom. The minimum Gasteiger partial charge on any atom is -0.308 e. The van der Waals surface area contributed by atoms with Crippen molar-refractivity contribution in [3.05, 3.63) is 35.4 Å². The van der Waals surface area contributed by atoms with Crippen LogP contribution in [-0.4, -0.2) is 29.6 Å². The summed E-state index contributed by atoms with van der Waals surface area (Å²) in [4.78, 5) is 2.68. The molecule has 1 atom stereocenters. The first-order valence-electron chi connectivity index (χ1n) is 7.72. The second-order valence-electron chi connectivity index (χ2n) is 6.55. The number of aryl methyl sites for hydroxylation is 1. The topological polar surface area (TPSA) is 15.3 Å². The Morgan fingerprint density at radius 1 is 1.26 bits per heavy atom. The number of hydrogen-bond acceptors (Lipinski definition) is 2. The van der Waals surface area contributed by atoms with E-state index >= 15 is 0 Å². The van der Waals surface area contributed by atoms with Gasteiger partial charge in [-0.15, -0.1) is 0 Å². The minimum atomic E-state index is 0.426. The second kappa shape index (κ2) is 5.26. The average molecular weight is 258 g/mol. The second-order valence-corrected chi connectivity index (χ2v) is 6.55. The van der Waals surface area contributed by atoms with E-state index in [1.165, 1.54) is 43.4 Å². The molecule has 2 fully saturated rings. The first-order chi connectivity index (χ1) is 9.19. The standard InChI is InChI=1S/C17H26N2/c1-14-7-3-4-8-16(14)12-19-13-17(9-5-6-10-17)18-11-15(19)2/h3-4,7-8,15,18H,5-6,9-13H2,1-2H3. The van der Waals surface area contributed by atoms with Crippen molar-refractivity contribution >= 4 is 0 Å². The van der Waals surface area contributed by atoms with E-state index in [2.05, 4.69) is 48.3 Å². The van der Waals surface area contributed by atoms with E-state index in [1.807, 2.05) is 0 Å². The lowest BCUT2D eigenvalue weighted by molar-refractivity contribution is 0.0825. The van der Waals surface area contributed by atoms with Crippen molar-refractivity contribution in [2.75, 3.05) is 13.1 Å². The lowest BCUT2D eigenvalue weighted by atomic mass is 9.92. The van der Waals surface area contributed by atoms with Crippen molar-refractivity contribution in [3.8, 4) is 0 Å². The number of benzene rings is 1. The molecular formula is C17H26N2. The summed E-state index contributed by atoms with van der Waals surface area (Å²) in [6.07, 6.45) is 5.53. The number of piperazine rings is 1. The van der Waals surface area contributed by atoms with Gasteiger partial charge in [0.2, 0.25) is 0 Å². The Balaban J connectivity index is 1.73. The van der Waals surface area contributed by atoms with Gasteiger partial charge in [0.15, 0.2) is 0 Å². The average Bonchev–Trinajstić information content (AvgIpc) is 2.85. The van der Waals surface area contributed by atoms with Crippen molar-refractivity contribution in [1.29, 1.82) is 0 Å². The van der Waals surface area contributed by atoms with E-state index in [-0.39, 0.29) is 0 Å². The maximum atomic E-state index is 3.83. The Kier molecular flexibility index (Phi) is 3.64. The molecule has 1 aromatic carbocycles. The molecule has 1 aliphatic carbocycles. The number of nitrogens with zero attached hydrogens (tertiary/aromatic N) is 1. The van der Waals surface area contributed by atoms with Gasteiger partial charge in [0.05, 0.1) is 0 Å². The molecule has 19 heavy (non-hydrogen) atoms. The van der Waals surface area contributed by atoms with Crippen LogP contribution in [0.15, 0.2) is 24.3 Å². The molecule has 1 spiro atoms. The summed E-state index contributed by atoms with van der Waals surface area (Å²) in [5.41, 5.74) is 3.34. The van der Waals surface area contributed by atoms with E-state index in [4.69, 9.17) is 0 Å². The maximum absolute atomic E-state index is 3.83. The van der Waals surface area contributed by atoms with Gasteiger partial charge < -0.3 is 5.32 Å². The highest BCUT2D eigenvalue weighted by molar-refractivity contribution is 5.25. The van der Waals surface area contributed by atoms with Crippen LogP contribution in [0, 0.1) is 6.92 Å². The van der Waals surface area contributed by atoms with Crippen LogP contribution < -0.4 is 5.32 Å². The van der Waals surface area contributed by atoms with Gasteiger partial charge >= 0.3 is 0 Å². The first kappa shape index (κ1) is 13.1. The predicted molar refractivity (Wildman–Crippen MR) is 80.3 cm³/mol. The van der Waals surface area contributed by atoms with Gasteiger partial charge in [-0.05, 0) is 37.8 Å². The third kappa shape index (κ3) is 2.70. The smallest absolute Gasteiger partial charge is 0.0309 e. The highest BCUT2D eigenvalue weighted by Crippen LogP contribution is 2.33. The summed E-state index contributed by atoms with van der Waals surface area (Å²) >= 11 is 0. The molecule has 0 amide bonds. The monoisotopic (exact) mass is 258 g/mol. The van der Waals surface area contributed by atoms with Gasteiger partial charge in [-0.1, -0.05) is 37.1 Å². The van der Waals surface area contributed by atoms with Crippen LogP contribution in [0.3, 0.4) is 0 Å². The Hall–Kier alpha value is -0.860. The number of hydrogen-bond donors (Lipinski definition) is 1. The van der Waals surface area contributed by atoms with Crippen LogP contribution in [0.2, 0.25) is 0 Å². The fraction of sp³-hybridized carbons (Fsp3) is 0.647. The molecule has 104 valence electrons.